The van der Waals surface area contributed by atoms with E-state index in [0.717, 1.165) is 12.1 Å². The van der Waals surface area contributed by atoms with Gasteiger partial charge in [0.15, 0.2) is 0 Å². The summed E-state index contributed by atoms with van der Waals surface area (Å²) in [4.78, 5) is 0. The van der Waals surface area contributed by atoms with Gasteiger partial charge in [-0.3, -0.25) is 0 Å². The average Bonchev–Trinajstić information content (AvgIpc) is 2.15. The normalized spacial score (nSPS) is 15.5. The third-order valence-corrected chi connectivity index (χ3v) is 2.56. The quantitative estimate of drug-likeness (QED) is 0.878. The number of benzene rings is 1. The van der Waals surface area contributed by atoms with Crippen molar-refractivity contribution in [2.24, 2.45) is 0 Å². The molecule has 0 aliphatic heterocycles. The van der Waals surface area contributed by atoms with E-state index in [4.69, 9.17) is 11.6 Å². The van der Waals surface area contributed by atoms with Gasteiger partial charge in [-0.05, 0) is 32.0 Å². The molecular formula is C11H13ClF3NO. The summed E-state index contributed by atoms with van der Waals surface area (Å²) in [6.07, 6.45) is -5.11. The van der Waals surface area contributed by atoms with Crippen LogP contribution in [0.2, 0.25) is 5.02 Å². The first-order chi connectivity index (χ1) is 7.70. The molecule has 1 aromatic carbocycles. The number of aliphatic hydroxyl groups is 1. The molecule has 1 aromatic rings. The molecule has 0 radical (unpaired) electrons. The van der Waals surface area contributed by atoms with Gasteiger partial charge in [0.05, 0.1) is 11.7 Å². The summed E-state index contributed by atoms with van der Waals surface area (Å²) >= 11 is 5.62. The Kier molecular flexibility index (Phi) is 4.27. The van der Waals surface area contributed by atoms with Gasteiger partial charge < -0.3 is 10.4 Å². The molecule has 0 fully saturated rings. The fourth-order valence-corrected chi connectivity index (χ4v) is 1.46. The van der Waals surface area contributed by atoms with Crippen LogP contribution in [-0.2, 0) is 6.18 Å². The van der Waals surface area contributed by atoms with Crippen molar-refractivity contribution in [3.05, 3.63) is 28.8 Å². The zero-order valence-corrected chi connectivity index (χ0v) is 10.1. The van der Waals surface area contributed by atoms with Gasteiger partial charge in [-0.2, -0.15) is 13.2 Å². The topological polar surface area (TPSA) is 32.3 Å². The SMILES string of the molecule is CC(O)C(C)Nc1cc(Cl)cc(C(F)(F)F)c1. The molecule has 0 aliphatic carbocycles. The molecule has 0 saturated heterocycles. The van der Waals surface area contributed by atoms with Gasteiger partial charge in [0, 0.05) is 16.8 Å². The first kappa shape index (κ1) is 14.1. The first-order valence-corrected chi connectivity index (χ1v) is 5.40. The fraction of sp³-hybridized carbons (Fsp3) is 0.455. The van der Waals surface area contributed by atoms with E-state index in [9.17, 15) is 18.3 Å². The van der Waals surface area contributed by atoms with Crippen molar-refractivity contribution in [3.63, 3.8) is 0 Å². The number of anilines is 1. The summed E-state index contributed by atoms with van der Waals surface area (Å²) in [6, 6.07) is 2.84. The molecule has 6 heteroatoms. The zero-order chi connectivity index (χ0) is 13.2. The summed E-state index contributed by atoms with van der Waals surface area (Å²) in [5, 5.41) is 12.0. The third kappa shape index (κ3) is 4.09. The molecule has 2 N–H and O–H groups in total. The summed E-state index contributed by atoms with van der Waals surface area (Å²) in [5.41, 5.74) is -0.580. The van der Waals surface area contributed by atoms with Crippen LogP contribution < -0.4 is 5.32 Å². The Balaban J connectivity index is 2.98. The summed E-state index contributed by atoms with van der Waals surface area (Å²) in [6.45, 7) is 3.21. The lowest BCUT2D eigenvalue weighted by atomic mass is 10.1. The Morgan fingerprint density at radius 1 is 1.24 bits per heavy atom. The molecule has 0 bridgehead atoms. The van der Waals surface area contributed by atoms with Crippen LogP contribution in [0.1, 0.15) is 19.4 Å². The third-order valence-electron chi connectivity index (χ3n) is 2.34. The number of hydrogen-bond donors (Lipinski definition) is 2. The lowest BCUT2D eigenvalue weighted by molar-refractivity contribution is -0.137. The Labute approximate surface area is 102 Å². The Hall–Kier alpha value is -0.940. The van der Waals surface area contributed by atoms with Crippen molar-refractivity contribution >= 4 is 17.3 Å². The fourth-order valence-electron chi connectivity index (χ4n) is 1.22. The molecule has 0 amide bonds. The Morgan fingerprint density at radius 3 is 2.29 bits per heavy atom. The van der Waals surface area contributed by atoms with E-state index in [1.807, 2.05) is 0 Å². The highest BCUT2D eigenvalue weighted by atomic mass is 35.5. The van der Waals surface area contributed by atoms with Gasteiger partial charge >= 0.3 is 6.18 Å². The highest BCUT2D eigenvalue weighted by Crippen LogP contribution is 2.33. The molecule has 0 aromatic heterocycles. The van der Waals surface area contributed by atoms with Crippen LogP contribution in [0.5, 0.6) is 0 Å². The van der Waals surface area contributed by atoms with Crippen LogP contribution in [0.25, 0.3) is 0 Å². The molecular weight excluding hydrogens is 255 g/mol. The molecule has 0 aliphatic rings. The van der Waals surface area contributed by atoms with Crippen molar-refractivity contribution in [3.8, 4) is 0 Å². The van der Waals surface area contributed by atoms with Gasteiger partial charge in [-0.1, -0.05) is 11.6 Å². The van der Waals surface area contributed by atoms with Gasteiger partial charge in [-0.25, -0.2) is 0 Å². The van der Waals surface area contributed by atoms with Crippen LogP contribution in [0, 0.1) is 0 Å². The van der Waals surface area contributed by atoms with Crippen molar-refractivity contribution in [1.82, 2.24) is 0 Å². The van der Waals surface area contributed by atoms with Crippen LogP contribution in [0.3, 0.4) is 0 Å². The summed E-state index contributed by atoms with van der Waals surface area (Å²) in [7, 11) is 0. The second kappa shape index (κ2) is 5.14. The van der Waals surface area contributed by atoms with Gasteiger partial charge in [0.2, 0.25) is 0 Å². The maximum absolute atomic E-state index is 12.5. The molecule has 2 atom stereocenters. The van der Waals surface area contributed by atoms with E-state index in [1.54, 1.807) is 13.8 Å². The maximum atomic E-state index is 12.5. The smallest absolute Gasteiger partial charge is 0.391 e. The van der Waals surface area contributed by atoms with E-state index >= 15 is 0 Å². The molecule has 2 nitrogen and oxygen atoms in total. The van der Waals surface area contributed by atoms with E-state index < -0.39 is 17.8 Å². The number of hydrogen-bond acceptors (Lipinski definition) is 2. The number of rotatable bonds is 3. The van der Waals surface area contributed by atoms with E-state index in [0.29, 0.717) is 0 Å². The second-order valence-electron chi connectivity index (χ2n) is 3.90. The highest BCUT2D eigenvalue weighted by Gasteiger charge is 2.31. The predicted molar refractivity (Wildman–Crippen MR) is 61.2 cm³/mol. The summed E-state index contributed by atoms with van der Waals surface area (Å²) < 4.78 is 37.5. The maximum Gasteiger partial charge on any atom is 0.416 e. The minimum Gasteiger partial charge on any atom is -0.391 e. The van der Waals surface area contributed by atoms with Gasteiger partial charge in [0.25, 0.3) is 0 Å². The number of halogens is 4. The monoisotopic (exact) mass is 267 g/mol. The molecule has 2 unspecified atom stereocenters. The molecule has 0 spiro atoms. The van der Waals surface area contributed by atoms with Gasteiger partial charge in [-0.15, -0.1) is 0 Å². The van der Waals surface area contributed by atoms with Crippen LogP contribution in [0.4, 0.5) is 18.9 Å². The average molecular weight is 268 g/mol. The Morgan fingerprint density at radius 2 is 1.82 bits per heavy atom. The van der Waals surface area contributed by atoms with Crippen LogP contribution >= 0.6 is 11.6 Å². The molecule has 96 valence electrons. The highest BCUT2D eigenvalue weighted by molar-refractivity contribution is 6.30. The zero-order valence-electron chi connectivity index (χ0n) is 9.35. The molecule has 0 saturated carbocycles. The largest absolute Gasteiger partial charge is 0.416 e. The van der Waals surface area contributed by atoms with Crippen molar-refractivity contribution in [2.75, 3.05) is 5.32 Å². The summed E-state index contributed by atoms with van der Waals surface area (Å²) in [5.74, 6) is 0. The van der Waals surface area contributed by atoms with Crippen molar-refractivity contribution in [2.45, 2.75) is 32.2 Å². The molecule has 0 heterocycles. The van der Waals surface area contributed by atoms with Crippen molar-refractivity contribution < 1.29 is 18.3 Å². The van der Waals surface area contributed by atoms with E-state index in [1.165, 1.54) is 6.07 Å². The van der Waals surface area contributed by atoms with Crippen molar-refractivity contribution in [1.29, 1.82) is 0 Å². The number of aliphatic hydroxyl groups excluding tert-OH is 1. The number of nitrogens with one attached hydrogen (secondary N) is 1. The van der Waals surface area contributed by atoms with E-state index in [2.05, 4.69) is 5.32 Å². The molecule has 1 rings (SSSR count). The predicted octanol–water partition coefficient (Wildman–Crippen LogP) is 3.54. The minimum absolute atomic E-state index is 0.000109. The van der Waals surface area contributed by atoms with Gasteiger partial charge in [0.1, 0.15) is 0 Å². The van der Waals surface area contributed by atoms with Crippen LogP contribution in [-0.4, -0.2) is 17.3 Å². The molecule has 17 heavy (non-hydrogen) atoms. The Bertz CT molecular complexity index is 393. The number of alkyl halides is 3. The lowest BCUT2D eigenvalue weighted by Crippen LogP contribution is -2.27. The standard InChI is InChI=1S/C11H13ClF3NO/c1-6(7(2)17)16-10-4-8(11(13,14)15)3-9(12)5-10/h3-7,16-17H,1-2H3. The van der Waals surface area contributed by atoms with Crippen LogP contribution in [0.15, 0.2) is 18.2 Å². The second-order valence-corrected chi connectivity index (χ2v) is 4.34. The minimum atomic E-state index is -4.44. The first-order valence-electron chi connectivity index (χ1n) is 5.02. The lowest BCUT2D eigenvalue weighted by Gasteiger charge is -2.19. The van der Waals surface area contributed by atoms with E-state index in [-0.39, 0.29) is 16.8 Å².